The van der Waals surface area contributed by atoms with Gasteiger partial charge in [-0.1, -0.05) is 60.7 Å². The van der Waals surface area contributed by atoms with Crippen LogP contribution in [0.5, 0.6) is 0 Å². The van der Waals surface area contributed by atoms with E-state index in [0.717, 1.165) is 23.2 Å². The Morgan fingerprint density at radius 1 is 0.750 bits per heavy atom. The molecule has 2 N–H and O–H groups in total. The second-order valence-electron chi connectivity index (χ2n) is 7.80. The van der Waals surface area contributed by atoms with E-state index in [4.69, 9.17) is 5.73 Å². The highest BCUT2D eigenvalue weighted by Gasteiger charge is 2.27. The molecule has 2 amide bonds. The van der Waals surface area contributed by atoms with Crippen LogP contribution in [0.25, 0.3) is 11.1 Å². The number of rotatable bonds is 3. The largest absolute Gasteiger partial charge is 0.366 e. The third kappa shape index (κ3) is 3.44. The molecule has 5 heteroatoms. The average molecular weight is 419 g/mol. The highest BCUT2D eigenvalue weighted by atomic mass is 16.2. The van der Waals surface area contributed by atoms with Crippen LogP contribution in [-0.4, -0.2) is 16.8 Å². The van der Waals surface area contributed by atoms with Crippen LogP contribution in [0, 0.1) is 0 Å². The first-order valence-corrected chi connectivity index (χ1v) is 10.4. The first kappa shape index (κ1) is 19.7. The molecule has 0 bridgehead atoms. The van der Waals surface area contributed by atoms with E-state index in [9.17, 15) is 9.59 Å². The van der Waals surface area contributed by atoms with Gasteiger partial charge in [0.05, 0.1) is 12.1 Å². The number of hydrogen-bond acceptors (Lipinski definition) is 3. The first-order valence-electron chi connectivity index (χ1n) is 10.4. The Bertz CT molecular complexity index is 1350. The molecular formula is C27H21N3O2. The van der Waals surface area contributed by atoms with Gasteiger partial charge in [0, 0.05) is 23.6 Å². The second kappa shape index (κ2) is 8.12. The standard InChI is InChI=1S/C27H21N3O2/c28-26(31)24-16-29-14-13-22(24)21-10-4-5-11-23(21)27(32)30-17-20-9-2-1-7-18(20)15-19-8-3-6-12-25(19)30/h1-14,16H,15,17H2,(H2,28,31). The van der Waals surface area contributed by atoms with Crippen LogP contribution in [0.4, 0.5) is 5.69 Å². The van der Waals surface area contributed by atoms with Crippen molar-refractivity contribution >= 4 is 17.5 Å². The molecule has 0 saturated carbocycles. The van der Waals surface area contributed by atoms with Gasteiger partial charge in [0.2, 0.25) is 0 Å². The van der Waals surface area contributed by atoms with E-state index in [1.165, 1.54) is 11.8 Å². The third-order valence-corrected chi connectivity index (χ3v) is 5.89. The van der Waals surface area contributed by atoms with Gasteiger partial charge in [-0.25, -0.2) is 0 Å². The lowest BCUT2D eigenvalue weighted by Gasteiger charge is -2.25. The fourth-order valence-electron chi connectivity index (χ4n) is 4.33. The molecule has 1 aliphatic rings. The quantitative estimate of drug-likeness (QED) is 0.527. The SMILES string of the molecule is NC(=O)c1cnccc1-c1ccccc1C(=O)N1Cc2ccccc2Cc2ccccc21. The summed E-state index contributed by atoms with van der Waals surface area (Å²) in [5, 5.41) is 0. The molecule has 0 unspecified atom stereocenters. The normalized spacial score (nSPS) is 12.4. The van der Waals surface area contributed by atoms with Gasteiger partial charge >= 0.3 is 0 Å². The maximum Gasteiger partial charge on any atom is 0.259 e. The van der Waals surface area contributed by atoms with Crippen molar-refractivity contribution in [3.63, 3.8) is 0 Å². The average Bonchev–Trinajstić information content (AvgIpc) is 3.00. The van der Waals surface area contributed by atoms with Gasteiger partial charge < -0.3 is 10.6 Å². The highest BCUT2D eigenvalue weighted by molar-refractivity contribution is 6.12. The Kier molecular flexibility index (Phi) is 5.00. The van der Waals surface area contributed by atoms with E-state index in [2.05, 4.69) is 23.2 Å². The van der Waals surface area contributed by atoms with Crippen molar-refractivity contribution in [1.82, 2.24) is 4.98 Å². The molecule has 0 atom stereocenters. The Morgan fingerprint density at radius 2 is 1.41 bits per heavy atom. The second-order valence-corrected chi connectivity index (χ2v) is 7.80. The number of fused-ring (bicyclic) bond motifs is 2. The number of benzene rings is 3. The molecule has 0 spiro atoms. The first-order chi connectivity index (χ1) is 15.6. The molecular weight excluding hydrogens is 398 g/mol. The number of aromatic nitrogens is 1. The number of primary amides is 1. The zero-order valence-electron chi connectivity index (χ0n) is 17.4. The van der Waals surface area contributed by atoms with Crippen LogP contribution >= 0.6 is 0 Å². The smallest absolute Gasteiger partial charge is 0.259 e. The summed E-state index contributed by atoms with van der Waals surface area (Å²) in [6.45, 7) is 0.472. The van der Waals surface area contributed by atoms with E-state index in [0.29, 0.717) is 23.2 Å². The van der Waals surface area contributed by atoms with Crippen LogP contribution in [0.1, 0.15) is 37.4 Å². The summed E-state index contributed by atoms with van der Waals surface area (Å²) in [5.74, 6) is -0.707. The van der Waals surface area contributed by atoms with Crippen LogP contribution < -0.4 is 10.6 Å². The lowest BCUT2D eigenvalue weighted by Crippen LogP contribution is -2.31. The minimum atomic E-state index is -0.579. The lowest BCUT2D eigenvalue weighted by molar-refractivity contribution is 0.0981. The van der Waals surface area contributed by atoms with Gasteiger partial charge in [-0.15, -0.1) is 0 Å². The summed E-state index contributed by atoms with van der Waals surface area (Å²) in [7, 11) is 0. The van der Waals surface area contributed by atoms with Crippen molar-refractivity contribution in [3.8, 4) is 11.1 Å². The van der Waals surface area contributed by atoms with Crippen molar-refractivity contribution in [3.05, 3.63) is 119 Å². The number of para-hydroxylation sites is 1. The number of nitrogens with zero attached hydrogens (tertiary/aromatic N) is 2. The Hall–Kier alpha value is -4.25. The van der Waals surface area contributed by atoms with Gasteiger partial charge in [0.25, 0.3) is 11.8 Å². The number of hydrogen-bond donors (Lipinski definition) is 1. The maximum absolute atomic E-state index is 14.0. The lowest BCUT2D eigenvalue weighted by atomic mass is 9.95. The van der Waals surface area contributed by atoms with Crippen molar-refractivity contribution in [1.29, 1.82) is 0 Å². The number of carbonyl (C=O) groups is 2. The number of nitrogens with two attached hydrogens (primary N) is 1. The Labute approximate surface area is 186 Å². The van der Waals surface area contributed by atoms with Gasteiger partial charge in [0.1, 0.15) is 0 Å². The third-order valence-electron chi connectivity index (χ3n) is 5.89. The summed E-state index contributed by atoms with van der Waals surface area (Å²) in [5.41, 5.74) is 12.0. The monoisotopic (exact) mass is 419 g/mol. The van der Waals surface area contributed by atoms with Crippen LogP contribution in [0.2, 0.25) is 0 Å². The summed E-state index contributed by atoms with van der Waals surface area (Å²) in [4.78, 5) is 31.9. The fraction of sp³-hybridized carbons (Fsp3) is 0.0741. The molecule has 5 rings (SSSR count). The molecule has 0 fully saturated rings. The topological polar surface area (TPSA) is 76.3 Å². The highest BCUT2D eigenvalue weighted by Crippen LogP contribution is 2.34. The number of pyridine rings is 1. The molecule has 0 saturated heterocycles. The zero-order valence-corrected chi connectivity index (χ0v) is 17.4. The molecule has 4 aromatic rings. The van der Waals surface area contributed by atoms with E-state index in [-0.39, 0.29) is 11.5 Å². The van der Waals surface area contributed by atoms with Gasteiger partial charge in [-0.05, 0) is 52.4 Å². The molecule has 156 valence electrons. The molecule has 3 aromatic carbocycles. The van der Waals surface area contributed by atoms with Crippen molar-refractivity contribution in [2.45, 2.75) is 13.0 Å². The van der Waals surface area contributed by atoms with Gasteiger partial charge in [-0.2, -0.15) is 0 Å². The zero-order chi connectivity index (χ0) is 22.1. The molecule has 1 aliphatic heterocycles. The van der Waals surface area contributed by atoms with Crippen molar-refractivity contribution in [2.24, 2.45) is 5.73 Å². The summed E-state index contributed by atoms with van der Waals surface area (Å²) in [6, 6.07) is 25.3. The van der Waals surface area contributed by atoms with E-state index < -0.39 is 5.91 Å². The summed E-state index contributed by atoms with van der Waals surface area (Å²) in [6.07, 6.45) is 3.81. The van der Waals surface area contributed by atoms with Crippen LogP contribution in [-0.2, 0) is 13.0 Å². The number of carbonyl (C=O) groups excluding carboxylic acids is 2. The number of anilines is 1. The molecule has 2 heterocycles. The van der Waals surface area contributed by atoms with E-state index in [1.54, 1.807) is 18.3 Å². The molecule has 0 aliphatic carbocycles. The molecule has 5 nitrogen and oxygen atoms in total. The van der Waals surface area contributed by atoms with Crippen molar-refractivity contribution < 1.29 is 9.59 Å². The van der Waals surface area contributed by atoms with Crippen molar-refractivity contribution in [2.75, 3.05) is 4.90 Å². The molecule has 32 heavy (non-hydrogen) atoms. The fourth-order valence-corrected chi connectivity index (χ4v) is 4.33. The van der Waals surface area contributed by atoms with E-state index in [1.807, 2.05) is 53.4 Å². The van der Waals surface area contributed by atoms with Gasteiger partial charge in [-0.3, -0.25) is 14.6 Å². The molecule has 0 radical (unpaired) electrons. The van der Waals surface area contributed by atoms with Crippen LogP contribution in [0.15, 0.2) is 91.3 Å². The predicted octanol–water partition coefficient (Wildman–Crippen LogP) is 4.60. The maximum atomic E-state index is 14.0. The van der Waals surface area contributed by atoms with Gasteiger partial charge in [0.15, 0.2) is 0 Å². The van der Waals surface area contributed by atoms with E-state index >= 15 is 0 Å². The summed E-state index contributed by atoms with van der Waals surface area (Å²) >= 11 is 0. The predicted molar refractivity (Wildman–Crippen MR) is 124 cm³/mol. The summed E-state index contributed by atoms with van der Waals surface area (Å²) < 4.78 is 0. The number of amides is 2. The Morgan fingerprint density at radius 3 is 2.22 bits per heavy atom. The molecule has 1 aromatic heterocycles. The Balaban J connectivity index is 1.66. The minimum Gasteiger partial charge on any atom is -0.366 e. The minimum absolute atomic E-state index is 0.128. The van der Waals surface area contributed by atoms with Crippen LogP contribution in [0.3, 0.4) is 0 Å².